The van der Waals surface area contributed by atoms with Crippen LogP contribution < -0.4 is 10.5 Å². The summed E-state index contributed by atoms with van der Waals surface area (Å²) in [6, 6.07) is 7.58. The van der Waals surface area contributed by atoms with Crippen molar-refractivity contribution in [2.75, 3.05) is 13.7 Å². The predicted molar refractivity (Wildman–Crippen MR) is 61.2 cm³/mol. The Bertz CT molecular complexity index is 448. The highest BCUT2D eigenvalue weighted by Gasteiger charge is 2.05. The van der Waals surface area contributed by atoms with E-state index >= 15 is 0 Å². The Kier molecular flexibility index (Phi) is 3.22. The lowest BCUT2D eigenvalue weighted by Crippen LogP contribution is -2.01. The van der Waals surface area contributed by atoms with E-state index in [9.17, 15) is 0 Å². The first-order chi connectivity index (χ1) is 7.83. The molecule has 16 heavy (non-hydrogen) atoms. The molecule has 1 aromatic carbocycles. The highest BCUT2D eigenvalue weighted by Crippen LogP contribution is 2.22. The van der Waals surface area contributed by atoms with Gasteiger partial charge < -0.3 is 14.9 Å². The molecule has 0 aliphatic carbocycles. The number of hydrogen-bond acceptors (Lipinski definition) is 4. The minimum absolute atomic E-state index is 0.567. The zero-order chi connectivity index (χ0) is 11.4. The Balaban J connectivity index is 2.21. The van der Waals surface area contributed by atoms with Gasteiger partial charge in [0.25, 0.3) is 0 Å². The number of nitrogens with two attached hydrogens (primary N) is 1. The molecule has 0 radical (unpaired) electrons. The largest absolute Gasteiger partial charge is 0.497 e. The van der Waals surface area contributed by atoms with Gasteiger partial charge in [-0.1, -0.05) is 0 Å². The van der Waals surface area contributed by atoms with Crippen LogP contribution in [0.3, 0.4) is 0 Å². The molecular formula is C12H14N2O2. The van der Waals surface area contributed by atoms with Crippen molar-refractivity contribution in [3.63, 3.8) is 0 Å². The standard InChI is InChI=1S/C12H14N2O2/c1-15-10-4-2-9(3-5-10)12-14-8-11(16-12)6-7-13/h2-5,8H,6-7,13H2,1H3. The first kappa shape index (κ1) is 10.7. The van der Waals surface area contributed by atoms with E-state index in [1.54, 1.807) is 13.3 Å². The first-order valence-corrected chi connectivity index (χ1v) is 5.12. The molecule has 0 unspecified atom stereocenters. The van der Waals surface area contributed by atoms with Crippen molar-refractivity contribution in [3.8, 4) is 17.2 Å². The van der Waals surface area contributed by atoms with Crippen molar-refractivity contribution in [3.05, 3.63) is 36.2 Å². The highest BCUT2D eigenvalue weighted by molar-refractivity contribution is 5.54. The van der Waals surface area contributed by atoms with Crippen molar-refractivity contribution in [2.24, 2.45) is 5.73 Å². The van der Waals surface area contributed by atoms with Crippen LogP contribution in [0.15, 0.2) is 34.9 Å². The van der Waals surface area contributed by atoms with Gasteiger partial charge in [-0.2, -0.15) is 0 Å². The van der Waals surface area contributed by atoms with Crippen LogP contribution >= 0.6 is 0 Å². The molecule has 0 atom stereocenters. The quantitative estimate of drug-likeness (QED) is 0.850. The van der Waals surface area contributed by atoms with E-state index in [-0.39, 0.29) is 0 Å². The molecular weight excluding hydrogens is 204 g/mol. The Morgan fingerprint density at radius 3 is 2.69 bits per heavy atom. The smallest absolute Gasteiger partial charge is 0.226 e. The molecule has 0 fully saturated rings. The fraction of sp³-hybridized carbons (Fsp3) is 0.250. The molecule has 1 aromatic heterocycles. The third kappa shape index (κ3) is 2.23. The van der Waals surface area contributed by atoms with Gasteiger partial charge in [0.1, 0.15) is 11.5 Å². The SMILES string of the molecule is COc1ccc(-c2ncc(CCN)o2)cc1. The molecule has 2 N–H and O–H groups in total. The number of methoxy groups -OCH3 is 1. The second kappa shape index (κ2) is 4.81. The lowest BCUT2D eigenvalue weighted by molar-refractivity contribution is 0.415. The summed E-state index contributed by atoms with van der Waals surface area (Å²) in [5.74, 6) is 2.25. The van der Waals surface area contributed by atoms with Gasteiger partial charge in [-0.3, -0.25) is 0 Å². The number of hydrogen-bond donors (Lipinski definition) is 1. The fourth-order valence-corrected chi connectivity index (χ4v) is 1.43. The van der Waals surface area contributed by atoms with Crippen LogP contribution in [-0.4, -0.2) is 18.6 Å². The fourth-order valence-electron chi connectivity index (χ4n) is 1.43. The van der Waals surface area contributed by atoms with Crippen LogP contribution in [0.25, 0.3) is 11.5 Å². The van der Waals surface area contributed by atoms with Gasteiger partial charge in [-0.05, 0) is 30.8 Å². The summed E-state index contributed by atoms with van der Waals surface area (Å²) in [7, 11) is 1.64. The van der Waals surface area contributed by atoms with E-state index < -0.39 is 0 Å². The van der Waals surface area contributed by atoms with Gasteiger partial charge in [0.05, 0.1) is 13.3 Å². The zero-order valence-electron chi connectivity index (χ0n) is 9.14. The van der Waals surface area contributed by atoms with Crippen molar-refractivity contribution in [2.45, 2.75) is 6.42 Å². The molecule has 2 aromatic rings. The van der Waals surface area contributed by atoms with E-state index in [4.69, 9.17) is 14.9 Å². The number of aromatic nitrogens is 1. The topological polar surface area (TPSA) is 61.3 Å². The number of nitrogens with zero attached hydrogens (tertiary/aromatic N) is 1. The Morgan fingerprint density at radius 2 is 2.06 bits per heavy atom. The molecule has 2 rings (SSSR count). The van der Waals surface area contributed by atoms with Crippen LogP contribution in [0.2, 0.25) is 0 Å². The Morgan fingerprint density at radius 1 is 1.31 bits per heavy atom. The van der Waals surface area contributed by atoms with Gasteiger partial charge in [-0.25, -0.2) is 4.98 Å². The normalized spacial score (nSPS) is 10.4. The molecule has 0 aliphatic rings. The predicted octanol–water partition coefficient (Wildman–Crippen LogP) is 1.85. The third-order valence-corrected chi connectivity index (χ3v) is 2.28. The van der Waals surface area contributed by atoms with Crippen LogP contribution in [0.1, 0.15) is 5.76 Å². The summed E-state index contributed by atoms with van der Waals surface area (Å²) in [6.07, 6.45) is 2.43. The van der Waals surface area contributed by atoms with Crippen LogP contribution in [-0.2, 0) is 6.42 Å². The van der Waals surface area contributed by atoms with Gasteiger partial charge in [0.15, 0.2) is 0 Å². The molecule has 4 nitrogen and oxygen atoms in total. The van der Waals surface area contributed by atoms with Gasteiger partial charge in [-0.15, -0.1) is 0 Å². The van der Waals surface area contributed by atoms with Gasteiger partial charge in [0, 0.05) is 12.0 Å². The molecule has 84 valence electrons. The highest BCUT2D eigenvalue weighted by atomic mass is 16.5. The van der Waals surface area contributed by atoms with Crippen LogP contribution in [0.5, 0.6) is 5.75 Å². The van der Waals surface area contributed by atoms with E-state index in [1.165, 1.54) is 0 Å². The van der Waals surface area contributed by atoms with Crippen molar-refractivity contribution >= 4 is 0 Å². The van der Waals surface area contributed by atoms with E-state index in [1.807, 2.05) is 24.3 Å². The number of ether oxygens (including phenoxy) is 1. The molecule has 1 heterocycles. The van der Waals surface area contributed by atoms with Crippen LogP contribution in [0, 0.1) is 0 Å². The summed E-state index contributed by atoms with van der Waals surface area (Å²) in [6.45, 7) is 0.567. The molecule has 0 saturated carbocycles. The Labute approximate surface area is 94.1 Å². The molecule has 0 saturated heterocycles. The van der Waals surface area contributed by atoms with Crippen molar-refractivity contribution < 1.29 is 9.15 Å². The van der Waals surface area contributed by atoms with E-state index in [2.05, 4.69) is 4.98 Å². The monoisotopic (exact) mass is 218 g/mol. The summed E-state index contributed by atoms with van der Waals surface area (Å²) >= 11 is 0. The summed E-state index contributed by atoms with van der Waals surface area (Å²) in [5, 5.41) is 0. The number of benzene rings is 1. The lowest BCUT2D eigenvalue weighted by atomic mass is 10.2. The maximum atomic E-state index is 5.55. The summed E-state index contributed by atoms with van der Waals surface area (Å²) in [5.41, 5.74) is 6.38. The molecule has 0 bridgehead atoms. The zero-order valence-corrected chi connectivity index (χ0v) is 9.14. The maximum absolute atomic E-state index is 5.55. The average molecular weight is 218 g/mol. The van der Waals surface area contributed by atoms with Crippen molar-refractivity contribution in [1.82, 2.24) is 4.98 Å². The van der Waals surface area contributed by atoms with E-state index in [0.29, 0.717) is 18.9 Å². The number of rotatable bonds is 4. The van der Waals surface area contributed by atoms with Gasteiger partial charge in [0.2, 0.25) is 5.89 Å². The minimum atomic E-state index is 0.567. The third-order valence-electron chi connectivity index (χ3n) is 2.28. The Hall–Kier alpha value is -1.81. The van der Waals surface area contributed by atoms with Gasteiger partial charge >= 0.3 is 0 Å². The van der Waals surface area contributed by atoms with Crippen LogP contribution in [0.4, 0.5) is 0 Å². The lowest BCUT2D eigenvalue weighted by Gasteiger charge is -1.99. The molecule has 0 spiro atoms. The minimum Gasteiger partial charge on any atom is -0.497 e. The molecule has 0 aliphatic heterocycles. The first-order valence-electron chi connectivity index (χ1n) is 5.12. The second-order valence-electron chi connectivity index (χ2n) is 3.40. The average Bonchev–Trinajstić information content (AvgIpc) is 2.78. The molecule has 0 amide bonds. The maximum Gasteiger partial charge on any atom is 0.226 e. The summed E-state index contributed by atoms with van der Waals surface area (Å²) < 4.78 is 10.6. The number of oxazole rings is 1. The summed E-state index contributed by atoms with van der Waals surface area (Å²) in [4.78, 5) is 4.20. The molecule has 4 heteroatoms. The van der Waals surface area contributed by atoms with E-state index in [0.717, 1.165) is 17.1 Å². The second-order valence-corrected chi connectivity index (χ2v) is 3.40. The van der Waals surface area contributed by atoms with Crippen molar-refractivity contribution in [1.29, 1.82) is 0 Å².